The first-order valence-corrected chi connectivity index (χ1v) is 7.98. The highest BCUT2D eigenvalue weighted by molar-refractivity contribution is 14.1. The molecule has 3 rings (SSSR count). The van der Waals surface area contributed by atoms with Crippen molar-refractivity contribution in [3.05, 3.63) is 32.4 Å². The first-order valence-electron chi connectivity index (χ1n) is 6.52. The fourth-order valence-electron chi connectivity index (χ4n) is 2.54. The van der Waals surface area contributed by atoms with Crippen molar-refractivity contribution in [2.24, 2.45) is 5.92 Å². The van der Waals surface area contributed by atoms with Crippen LogP contribution in [0.15, 0.2) is 18.2 Å². The van der Waals surface area contributed by atoms with Crippen LogP contribution in [0, 0.1) is 9.49 Å². The van der Waals surface area contributed by atoms with Gasteiger partial charge in [-0.25, -0.2) is 0 Å². The fraction of sp³-hybridized carbons (Fsp3) is 0.500. The van der Waals surface area contributed by atoms with Crippen LogP contribution in [-0.2, 0) is 4.74 Å². The molecule has 3 nitrogen and oxygen atoms in total. The molecule has 1 aromatic rings. The third kappa shape index (κ3) is 3.06. The molecule has 2 atom stereocenters. The van der Waals surface area contributed by atoms with Gasteiger partial charge in [0.2, 0.25) is 0 Å². The molecule has 1 aromatic carbocycles. The van der Waals surface area contributed by atoms with Gasteiger partial charge in [-0.1, -0.05) is 11.6 Å². The van der Waals surface area contributed by atoms with E-state index in [0.717, 1.165) is 16.6 Å². The Morgan fingerprint density at radius 2 is 2.16 bits per heavy atom. The largest absolute Gasteiger partial charge is 0.376 e. The molecule has 0 aromatic heterocycles. The summed E-state index contributed by atoms with van der Waals surface area (Å²) < 4.78 is 6.68. The Morgan fingerprint density at radius 3 is 2.84 bits per heavy atom. The molecule has 1 amide bonds. The molecule has 2 unspecified atom stereocenters. The van der Waals surface area contributed by atoms with Crippen LogP contribution in [0.4, 0.5) is 0 Å². The summed E-state index contributed by atoms with van der Waals surface area (Å²) in [6, 6.07) is 5.55. The van der Waals surface area contributed by atoms with E-state index in [9.17, 15) is 4.79 Å². The van der Waals surface area contributed by atoms with Crippen LogP contribution in [0.1, 0.15) is 29.6 Å². The maximum atomic E-state index is 12.2. The van der Waals surface area contributed by atoms with Gasteiger partial charge in [-0.15, -0.1) is 0 Å². The molecule has 0 radical (unpaired) electrons. The number of ether oxygens (including phenoxy) is 1. The van der Waals surface area contributed by atoms with Gasteiger partial charge in [0.15, 0.2) is 0 Å². The average molecular weight is 392 g/mol. The number of hydrogen-bond donors (Lipinski definition) is 1. The molecule has 0 bridgehead atoms. The van der Waals surface area contributed by atoms with E-state index in [4.69, 9.17) is 16.3 Å². The third-order valence-corrected chi connectivity index (χ3v) is 5.29. The van der Waals surface area contributed by atoms with Gasteiger partial charge < -0.3 is 10.1 Å². The highest BCUT2D eigenvalue weighted by Crippen LogP contribution is 2.38. The lowest BCUT2D eigenvalue weighted by Crippen LogP contribution is -2.41. The summed E-state index contributed by atoms with van der Waals surface area (Å²) in [6.07, 6.45) is 3.58. The number of halogens is 2. The molecule has 0 spiro atoms. The highest BCUT2D eigenvalue weighted by atomic mass is 127. The Labute approximate surface area is 131 Å². The molecule has 2 fully saturated rings. The van der Waals surface area contributed by atoms with Gasteiger partial charge in [-0.3, -0.25) is 4.79 Å². The van der Waals surface area contributed by atoms with Gasteiger partial charge in [-0.2, -0.15) is 0 Å². The summed E-state index contributed by atoms with van der Waals surface area (Å²) in [6.45, 7) is 0.750. The summed E-state index contributed by atoms with van der Waals surface area (Å²) in [5.41, 5.74) is 0.617. The zero-order valence-electron chi connectivity index (χ0n) is 10.4. The maximum Gasteiger partial charge on any atom is 0.251 e. The van der Waals surface area contributed by atoms with E-state index in [1.54, 1.807) is 6.07 Å². The predicted molar refractivity (Wildman–Crippen MR) is 82.5 cm³/mol. The van der Waals surface area contributed by atoms with Crippen LogP contribution in [0.2, 0.25) is 5.02 Å². The monoisotopic (exact) mass is 391 g/mol. The number of amides is 1. The number of carbonyl (C=O) groups excluding carboxylic acids is 1. The van der Waals surface area contributed by atoms with Gasteiger partial charge in [0.25, 0.3) is 5.91 Å². The van der Waals surface area contributed by atoms with Crippen molar-refractivity contribution in [2.75, 3.05) is 6.61 Å². The quantitative estimate of drug-likeness (QED) is 0.804. The molecule has 5 heteroatoms. The van der Waals surface area contributed by atoms with Crippen LogP contribution in [0.3, 0.4) is 0 Å². The minimum absolute atomic E-state index is 0.0561. The van der Waals surface area contributed by atoms with Crippen molar-refractivity contribution < 1.29 is 9.53 Å². The second-order valence-corrected chi connectivity index (χ2v) is 6.74. The molecule has 1 aliphatic heterocycles. The predicted octanol–water partition coefficient (Wildman–Crippen LogP) is 3.24. The van der Waals surface area contributed by atoms with E-state index in [2.05, 4.69) is 27.9 Å². The zero-order chi connectivity index (χ0) is 13.4. The van der Waals surface area contributed by atoms with Crippen molar-refractivity contribution in [2.45, 2.75) is 31.4 Å². The molecular weight excluding hydrogens is 377 g/mol. The van der Waals surface area contributed by atoms with E-state index in [1.807, 2.05) is 12.1 Å². The lowest BCUT2D eigenvalue weighted by atomic mass is 10.1. The standard InChI is InChI=1S/C14H15ClINO2/c15-10-7-9(3-4-11(10)16)14(18)17-12-5-6-19-13(12)8-1-2-8/h3-4,7-8,12-13H,1-2,5-6H2,(H,17,18). The Bertz CT molecular complexity index is 504. The van der Waals surface area contributed by atoms with Crippen LogP contribution in [0.5, 0.6) is 0 Å². The SMILES string of the molecule is O=C(NC1CCOC1C1CC1)c1ccc(I)c(Cl)c1. The van der Waals surface area contributed by atoms with Crippen LogP contribution < -0.4 is 5.32 Å². The summed E-state index contributed by atoms with van der Waals surface area (Å²) >= 11 is 8.20. The average Bonchev–Trinajstić information content (AvgIpc) is 3.13. The third-order valence-electron chi connectivity index (χ3n) is 3.72. The van der Waals surface area contributed by atoms with Crippen molar-refractivity contribution in [3.8, 4) is 0 Å². The Morgan fingerprint density at radius 1 is 1.37 bits per heavy atom. The molecule has 102 valence electrons. The van der Waals surface area contributed by atoms with Gasteiger partial charge in [0, 0.05) is 15.7 Å². The number of carbonyl (C=O) groups is 1. The Balaban J connectivity index is 1.68. The zero-order valence-corrected chi connectivity index (χ0v) is 13.3. The number of benzene rings is 1. The van der Waals surface area contributed by atoms with E-state index in [0.29, 0.717) is 16.5 Å². The molecule has 1 heterocycles. The van der Waals surface area contributed by atoms with Crippen molar-refractivity contribution in [1.82, 2.24) is 5.32 Å². The summed E-state index contributed by atoms with van der Waals surface area (Å²) in [5, 5.41) is 3.71. The van der Waals surface area contributed by atoms with Crippen molar-refractivity contribution in [3.63, 3.8) is 0 Å². The number of rotatable bonds is 3. The lowest BCUT2D eigenvalue weighted by Gasteiger charge is -2.19. The van der Waals surface area contributed by atoms with Crippen LogP contribution in [-0.4, -0.2) is 24.7 Å². The Hall–Kier alpha value is -0.330. The Kier molecular flexibility index (Phi) is 4.01. The smallest absolute Gasteiger partial charge is 0.251 e. The minimum atomic E-state index is -0.0561. The van der Waals surface area contributed by atoms with Crippen molar-refractivity contribution in [1.29, 1.82) is 0 Å². The minimum Gasteiger partial charge on any atom is -0.376 e. The maximum absolute atomic E-state index is 12.2. The van der Waals surface area contributed by atoms with E-state index >= 15 is 0 Å². The molecule has 1 saturated heterocycles. The number of nitrogens with one attached hydrogen (secondary N) is 1. The second-order valence-electron chi connectivity index (χ2n) is 5.17. The van der Waals surface area contributed by atoms with E-state index < -0.39 is 0 Å². The number of hydrogen-bond acceptors (Lipinski definition) is 2. The van der Waals surface area contributed by atoms with E-state index in [-0.39, 0.29) is 18.1 Å². The summed E-state index contributed by atoms with van der Waals surface area (Å²) in [7, 11) is 0. The van der Waals surface area contributed by atoms with Gasteiger partial charge in [-0.05, 0) is 66.0 Å². The lowest BCUT2D eigenvalue weighted by molar-refractivity contribution is 0.0729. The topological polar surface area (TPSA) is 38.3 Å². The summed E-state index contributed by atoms with van der Waals surface area (Å²) in [4.78, 5) is 12.2. The van der Waals surface area contributed by atoms with Crippen molar-refractivity contribution >= 4 is 40.1 Å². The van der Waals surface area contributed by atoms with E-state index in [1.165, 1.54) is 12.8 Å². The van der Waals surface area contributed by atoms with Gasteiger partial charge >= 0.3 is 0 Å². The molecule has 19 heavy (non-hydrogen) atoms. The highest BCUT2D eigenvalue weighted by Gasteiger charge is 2.41. The first kappa shape index (κ1) is 13.6. The van der Waals surface area contributed by atoms with Gasteiger partial charge in [0.05, 0.1) is 17.2 Å². The molecule has 1 aliphatic carbocycles. The molecular formula is C14H15ClINO2. The fourth-order valence-corrected chi connectivity index (χ4v) is 3.06. The second kappa shape index (κ2) is 5.58. The summed E-state index contributed by atoms with van der Waals surface area (Å²) in [5.74, 6) is 0.590. The molecule has 2 aliphatic rings. The normalized spacial score (nSPS) is 26.4. The van der Waals surface area contributed by atoms with Gasteiger partial charge in [0.1, 0.15) is 0 Å². The molecule has 1 N–H and O–H groups in total. The van der Waals surface area contributed by atoms with Crippen LogP contribution >= 0.6 is 34.2 Å². The van der Waals surface area contributed by atoms with Crippen LogP contribution in [0.25, 0.3) is 0 Å². The first-order chi connectivity index (χ1) is 9.15. The molecule has 1 saturated carbocycles.